The van der Waals surface area contributed by atoms with Gasteiger partial charge in [-0.05, 0) is 19.8 Å². The zero-order chi connectivity index (χ0) is 8.77. The molecule has 4 atom stereocenters. The Hall–Kier alpha value is -0.120. The minimum absolute atomic E-state index is 0.0891. The molecule has 1 unspecified atom stereocenters. The fourth-order valence-electron chi connectivity index (χ4n) is 2.11. The first-order valence-electron chi connectivity index (χ1n) is 4.68. The number of ether oxygens (including phenoxy) is 2. The van der Waals surface area contributed by atoms with E-state index in [9.17, 15) is 5.11 Å². The molecule has 3 nitrogen and oxygen atoms in total. The summed E-state index contributed by atoms with van der Waals surface area (Å²) >= 11 is 0. The van der Waals surface area contributed by atoms with Crippen LogP contribution >= 0.6 is 0 Å². The highest BCUT2D eigenvalue weighted by molar-refractivity contribution is 4.92. The lowest BCUT2D eigenvalue weighted by Gasteiger charge is -2.30. The van der Waals surface area contributed by atoms with E-state index in [1.165, 1.54) is 0 Å². The van der Waals surface area contributed by atoms with Gasteiger partial charge in [0.2, 0.25) is 0 Å². The number of rotatable bonds is 1. The number of aliphatic hydroxyl groups is 1. The van der Waals surface area contributed by atoms with Crippen molar-refractivity contribution in [3.63, 3.8) is 0 Å². The lowest BCUT2D eigenvalue weighted by atomic mass is 9.99. The van der Waals surface area contributed by atoms with Crippen LogP contribution in [-0.2, 0) is 9.47 Å². The zero-order valence-corrected chi connectivity index (χ0v) is 7.62. The van der Waals surface area contributed by atoms with Gasteiger partial charge >= 0.3 is 0 Å². The third-order valence-corrected chi connectivity index (χ3v) is 2.83. The number of hydrogen-bond acceptors (Lipinski definition) is 3. The van der Waals surface area contributed by atoms with Crippen LogP contribution in [0.3, 0.4) is 0 Å². The molecule has 2 rings (SSSR count). The highest BCUT2D eigenvalue weighted by atomic mass is 16.8. The van der Waals surface area contributed by atoms with Crippen LogP contribution in [0.25, 0.3) is 0 Å². The molecular formula is C9H16O3. The quantitative estimate of drug-likeness (QED) is 0.642. The first-order valence-corrected chi connectivity index (χ1v) is 4.68. The maximum atomic E-state index is 9.61. The Morgan fingerprint density at radius 2 is 2.25 bits per heavy atom. The SMILES string of the molecule is CC[C@@H]1O[C@@]2(C)CCC(O)[C@H]1O2. The van der Waals surface area contributed by atoms with Gasteiger partial charge in [-0.1, -0.05) is 6.92 Å². The highest BCUT2D eigenvalue weighted by Crippen LogP contribution is 2.40. The van der Waals surface area contributed by atoms with Crippen molar-refractivity contribution in [1.29, 1.82) is 0 Å². The van der Waals surface area contributed by atoms with E-state index >= 15 is 0 Å². The summed E-state index contributed by atoms with van der Waals surface area (Å²) in [5.74, 6) is -0.412. The molecule has 12 heavy (non-hydrogen) atoms. The maximum absolute atomic E-state index is 9.61. The van der Waals surface area contributed by atoms with Crippen molar-refractivity contribution in [2.24, 2.45) is 0 Å². The summed E-state index contributed by atoms with van der Waals surface area (Å²) in [6.07, 6.45) is 2.20. The Labute approximate surface area is 72.7 Å². The lowest BCUT2D eigenvalue weighted by molar-refractivity contribution is -0.197. The molecule has 0 aromatic carbocycles. The molecule has 2 heterocycles. The molecule has 0 spiro atoms. The molecule has 2 bridgehead atoms. The van der Waals surface area contributed by atoms with E-state index in [2.05, 4.69) is 6.92 Å². The van der Waals surface area contributed by atoms with Gasteiger partial charge in [0.05, 0.1) is 12.2 Å². The van der Waals surface area contributed by atoms with Gasteiger partial charge in [0.15, 0.2) is 5.79 Å². The van der Waals surface area contributed by atoms with Crippen LogP contribution in [0.1, 0.15) is 33.1 Å². The molecular weight excluding hydrogens is 156 g/mol. The van der Waals surface area contributed by atoms with Gasteiger partial charge in [-0.3, -0.25) is 0 Å². The Kier molecular flexibility index (Phi) is 1.90. The van der Waals surface area contributed by atoms with Gasteiger partial charge in [0.25, 0.3) is 0 Å². The molecule has 1 N–H and O–H groups in total. The Morgan fingerprint density at radius 1 is 1.50 bits per heavy atom. The molecule has 3 heteroatoms. The average Bonchev–Trinajstić information content (AvgIpc) is 2.34. The third-order valence-electron chi connectivity index (χ3n) is 2.83. The fraction of sp³-hybridized carbons (Fsp3) is 1.00. The van der Waals surface area contributed by atoms with E-state index in [1.54, 1.807) is 0 Å². The van der Waals surface area contributed by atoms with Crippen molar-refractivity contribution >= 4 is 0 Å². The van der Waals surface area contributed by atoms with Crippen molar-refractivity contribution in [3.8, 4) is 0 Å². The van der Waals surface area contributed by atoms with E-state index in [1.807, 2.05) is 6.92 Å². The van der Waals surface area contributed by atoms with Crippen molar-refractivity contribution < 1.29 is 14.6 Å². The predicted octanol–water partition coefficient (Wildman–Crippen LogP) is 1.05. The van der Waals surface area contributed by atoms with Crippen molar-refractivity contribution in [2.75, 3.05) is 0 Å². The Bertz CT molecular complexity index is 179. The summed E-state index contributed by atoms with van der Waals surface area (Å²) in [4.78, 5) is 0. The summed E-state index contributed by atoms with van der Waals surface area (Å²) in [5, 5.41) is 9.61. The van der Waals surface area contributed by atoms with Gasteiger partial charge < -0.3 is 14.6 Å². The largest absolute Gasteiger partial charge is 0.390 e. The monoisotopic (exact) mass is 172 g/mol. The van der Waals surface area contributed by atoms with E-state index in [-0.39, 0.29) is 18.3 Å². The maximum Gasteiger partial charge on any atom is 0.166 e. The van der Waals surface area contributed by atoms with Crippen molar-refractivity contribution in [1.82, 2.24) is 0 Å². The molecule has 0 aromatic heterocycles. The van der Waals surface area contributed by atoms with Gasteiger partial charge in [-0.15, -0.1) is 0 Å². The Morgan fingerprint density at radius 3 is 2.92 bits per heavy atom. The topological polar surface area (TPSA) is 38.7 Å². The zero-order valence-electron chi connectivity index (χ0n) is 7.62. The van der Waals surface area contributed by atoms with Crippen LogP contribution in [0, 0.1) is 0 Å². The average molecular weight is 172 g/mol. The van der Waals surface area contributed by atoms with Crippen LogP contribution in [0.15, 0.2) is 0 Å². The third kappa shape index (κ3) is 1.16. The van der Waals surface area contributed by atoms with Crippen LogP contribution < -0.4 is 0 Å². The number of hydrogen-bond donors (Lipinski definition) is 1. The summed E-state index contributed by atoms with van der Waals surface area (Å²) in [7, 11) is 0. The van der Waals surface area contributed by atoms with Crippen LogP contribution in [0.5, 0.6) is 0 Å². The second kappa shape index (κ2) is 2.69. The molecule has 0 aliphatic carbocycles. The first-order chi connectivity index (χ1) is 5.64. The molecule has 2 fully saturated rings. The summed E-state index contributed by atoms with van der Waals surface area (Å²) in [5.41, 5.74) is 0. The second-order valence-electron chi connectivity index (χ2n) is 3.89. The molecule has 2 aliphatic heterocycles. The molecule has 0 aromatic rings. The van der Waals surface area contributed by atoms with Crippen LogP contribution in [0.4, 0.5) is 0 Å². The summed E-state index contributed by atoms with van der Waals surface area (Å²) in [6, 6.07) is 0. The smallest absolute Gasteiger partial charge is 0.166 e. The van der Waals surface area contributed by atoms with Gasteiger partial charge in [-0.25, -0.2) is 0 Å². The minimum atomic E-state index is -0.412. The highest BCUT2D eigenvalue weighted by Gasteiger charge is 2.50. The van der Waals surface area contributed by atoms with Crippen LogP contribution in [0.2, 0.25) is 0 Å². The fourth-order valence-corrected chi connectivity index (χ4v) is 2.11. The molecule has 0 radical (unpaired) electrons. The second-order valence-corrected chi connectivity index (χ2v) is 3.89. The summed E-state index contributed by atoms with van der Waals surface area (Å²) in [6.45, 7) is 4.02. The molecule has 70 valence electrons. The normalized spacial score (nSPS) is 52.8. The lowest BCUT2D eigenvalue weighted by Crippen LogP contribution is -2.40. The van der Waals surface area contributed by atoms with E-state index < -0.39 is 5.79 Å². The molecule has 0 saturated carbocycles. The van der Waals surface area contributed by atoms with Crippen molar-refractivity contribution in [2.45, 2.75) is 57.2 Å². The molecule has 2 aliphatic rings. The number of fused-ring (bicyclic) bond motifs is 2. The molecule has 2 saturated heterocycles. The van der Waals surface area contributed by atoms with Gasteiger partial charge in [-0.2, -0.15) is 0 Å². The first kappa shape index (κ1) is 8.48. The van der Waals surface area contributed by atoms with Gasteiger partial charge in [0, 0.05) is 6.42 Å². The van der Waals surface area contributed by atoms with Crippen molar-refractivity contribution in [3.05, 3.63) is 0 Å². The predicted molar refractivity (Wildman–Crippen MR) is 43.7 cm³/mol. The minimum Gasteiger partial charge on any atom is -0.390 e. The Balaban J connectivity index is 2.15. The van der Waals surface area contributed by atoms with Gasteiger partial charge in [0.1, 0.15) is 6.10 Å². The summed E-state index contributed by atoms with van der Waals surface area (Å²) < 4.78 is 11.3. The molecule has 0 amide bonds. The van der Waals surface area contributed by atoms with E-state index in [4.69, 9.17) is 9.47 Å². The van der Waals surface area contributed by atoms with E-state index in [0.717, 1.165) is 19.3 Å². The van der Waals surface area contributed by atoms with E-state index in [0.29, 0.717) is 0 Å². The standard InChI is InChI=1S/C9H16O3/c1-3-7-8-6(10)4-5-9(2,11-7)12-8/h6-8,10H,3-5H2,1-2H3/t6?,7-,8+,9+/m0/s1. The van der Waals surface area contributed by atoms with Crippen LogP contribution in [-0.4, -0.2) is 29.2 Å². The number of aliphatic hydroxyl groups excluding tert-OH is 1.